The van der Waals surface area contributed by atoms with Gasteiger partial charge >= 0.3 is 6.03 Å². The van der Waals surface area contributed by atoms with Crippen LogP contribution in [0.1, 0.15) is 31.9 Å². The fourth-order valence-electron chi connectivity index (χ4n) is 4.08. The number of likely N-dealkylation sites (tertiary alicyclic amines) is 1. The summed E-state index contributed by atoms with van der Waals surface area (Å²) in [5.41, 5.74) is 2.52. The van der Waals surface area contributed by atoms with Crippen LogP contribution in [0.4, 0.5) is 4.79 Å². The number of carbonyl (C=O) groups is 1. The van der Waals surface area contributed by atoms with Gasteiger partial charge in [-0.2, -0.15) is 0 Å². The summed E-state index contributed by atoms with van der Waals surface area (Å²) < 4.78 is 0. The van der Waals surface area contributed by atoms with Gasteiger partial charge in [-0.3, -0.25) is 4.98 Å². The highest BCUT2D eigenvalue weighted by molar-refractivity contribution is 6.44. The molecule has 0 saturated carbocycles. The second-order valence-electron chi connectivity index (χ2n) is 7.95. The minimum atomic E-state index is -0.264. The highest BCUT2D eigenvalue weighted by atomic mass is 35.5. The number of nitrogens with one attached hydrogen (secondary N) is 1. The normalized spacial score (nSPS) is 20.9. The maximum atomic E-state index is 12.9. The molecule has 2 amide bonds. The van der Waals surface area contributed by atoms with E-state index in [2.05, 4.69) is 29.2 Å². The molecular weight excluding hydrogens is 407 g/mol. The van der Waals surface area contributed by atoms with Crippen LogP contribution in [0.3, 0.4) is 0 Å². The summed E-state index contributed by atoms with van der Waals surface area (Å²) in [5, 5.41) is 3.99. The predicted molar refractivity (Wildman–Crippen MR) is 119 cm³/mol. The predicted octanol–water partition coefficient (Wildman–Crippen LogP) is 5.10. The summed E-state index contributed by atoms with van der Waals surface area (Å²) in [7, 11) is 3.99. The number of pyridine rings is 1. The monoisotopic (exact) mass is 434 g/mol. The third kappa shape index (κ3) is 4.85. The molecule has 3 unspecified atom stereocenters. The van der Waals surface area contributed by atoms with Crippen LogP contribution in [0.15, 0.2) is 36.7 Å². The second-order valence-corrected chi connectivity index (χ2v) is 8.71. The van der Waals surface area contributed by atoms with Gasteiger partial charge in [-0.15, -0.1) is 0 Å². The molecule has 1 saturated heterocycles. The van der Waals surface area contributed by atoms with Crippen molar-refractivity contribution in [2.24, 2.45) is 5.92 Å². The van der Waals surface area contributed by atoms with Crippen LogP contribution in [0, 0.1) is 5.92 Å². The lowest BCUT2D eigenvalue weighted by molar-refractivity contribution is 0.106. The molecule has 2 heterocycles. The van der Waals surface area contributed by atoms with Crippen molar-refractivity contribution < 1.29 is 4.79 Å². The molecule has 1 aliphatic rings. The minimum absolute atomic E-state index is 0.0950. The summed E-state index contributed by atoms with van der Waals surface area (Å²) in [6, 6.07) is 7.50. The molecule has 5 nitrogen and oxygen atoms in total. The molecule has 0 aliphatic carbocycles. The fraction of sp³-hybridized carbons (Fsp3) is 0.455. The maximum Gasteiger partial charge on any atom is 0.317 e. The van der Waals surface area contributed by atoms with Crippen molar-refractivity contribution in [3.8, 4) is 11.1 Å². The van der Waals surface area contributed by atoms with E-state index in [4.69, 9.17) is 23.2 Å². The van der Waals surface area contributed by atoms with Crippen molar-refractivity contribution >= 4 is 29.2 Å². The summed E-state index contributed by atoms with van der Waals surface area (Å²) in [4.78, 5) is 21.1. The molecule has 1 aromatic heterocycles. The molecule has 1 fully saturated rings. The van der Waals surface area contributed by atoms with E-state index in [1.54, 1.807) is 12.4 Å². The lowest BCUT2D eigenvalue weighted by Gasteiger charge is -2.40. The van der Waals surface area contributed by atoms with Gasteiger partial charge in [0.2, 0.25) is 0 Å². The fourth-order valence-corrected chi connectivity index (χ4v) is 4.69. The summed E-state index contributed by atoms with van der Waals surface area (Å²) in [6.45, 7) is 6.11. The number of nitrogens with zero attached hydrogens (tertiary/aromatic N) is 3. The zero-order valence-electron chi connectivity index (χ0n) is 17.3. The average molecular weight is 435 g/mol. The number of piperidine rings is 1. The summed E-state index contributed by atoms with van der Waals surface area (Å²) in [6.07, 6.45) is 4.44. The Morgan fingerprint density at radius 1 is 1.31 bits per heavy atom. The molecule has 1 N–H and O–H groups in total. The van der Waals surface area contributed by atoms with Gasteiger partial charge in [-0.05, 0) is 44.5 Å². The number of rotatable bonds is 4. The van der Waals surface area contributed by atoms with Crippen molar-refractivity contribution in [1.29, 1.82) is 0 Å². The Labute approximate surface area is 183 Å². The zero-order chi connectivity index (χ0) is 21.1. The first kappa shape index (κ1) is 21.9. The minimum Gasteiger partial charge on any atom is -0.331 e. The van der Waals surface area contributed by atoms with E-state index >= 15 is 0 Å². The number of benzene rings is 1. The number of hydrogen-bond donors (Lipinski definition) is 1. The first-order valence-electron chi connectivity index (χ1n) is 9.89. The van der Waals surface area contributed by atoms with Gasteiger partial charge in [0.15, 0.2) is 0 Å². The lowest BCUT2D eigenvalue weighted by Crippen LogP contribution is -2.52. The number of urea groups is 1. The smallest absolute Gasteiger partial charge is 0.317 e. The van der Waals surface area contributed by atoms with E-state index in [1.807, 2.05) is 43.1 Å². The Morgan fingerprint density at radius 3 is 2.72 bits per heavy atom. The van der Waals surface area contributed by atoms with Crippen LogP contribution in [0.2, 0.25) is 10.0 Å². The van der Waals surface area contributed by atoms with Crippen LogP contribution < -0.4 is 5.32 Å². The first-order valence-corrected chi connectivity index (χ1v) is 10.6. The Morgan fingerprint density at radius 2 is 2.07 bits per heavy atom. The van der Waals surface area contributed by atoms with E-state index in [0.29, 0.717) is 16.0 Å². The average Bonchev–Trinajstić information content (AvgIpc) is 2.70. The highest BCUT2D eigenvalue weighted by Gasteiger charge is 2.30. The van der Waals surface area contributed by atoms with E-state index in [1.165, 1.54) is 0 Å². The van der Waals surface area contributed by atoms with Gasteiger partial charge in [0.05, 0.1) is 16.1 Å². The van der Waals surface area contributed by atoms with Gasteiger partial charge in [0.25, 0.3) is 0 Å². The van der Waals surface area contributed by atoms with Gasteiger partial charge in [0.1, 0.15) is 0 Å². The third-order valence-electron chi connectivity index (χ3n) is 5.77. The van der Waals surface area contributed by atoms with Crippen molar-refractivity contribution in [3.63, 3.8) is 0 Å². The second kappa shape index (κ2) is 9.33. The largest absolute Gasteiger partial charge is 0.331 e. The van der Waals surface area contributed by atoms with E-state index in [-0.39, 0.29) is 18.1 Å². The molecule has 156 valence electrons. The van der Waals surface area contributed by atoms with Crippen molar-refractivity contribution in [2.75, 3.05) is 27.2 Å². The standard InChI is InChI=1S/C22H28Cl2N4O/c1-14-13-27(3)11-9-19(14)28(4)22(29)26-15(2)17-7-8-18(21(24)20(17)23)16-6-5-10-25-12-16/h5-8,10,12,14-15,19H,9,11,13H2,1-4H3,(H,26,29). The van der Waals surface area contributed by atoms with Crippen LogP contribution >= 0.6 is 23.2 Å². The number of halogens is 2. The number of aromatic nitrogens is 1. The molecule has 3 atom stereocenters. The van der Waals surface area contributed by atoms with Gasteiger partial charge in [-0.1, -0.05) is 48.3 Å². The molecule has 3 rings (SSSR count). The molecule has 2 aromatic rings. The maximum absolute atomic E-state index is 12.9. The Balaban J connectivity index is 1.72. The van der Waals surface area contributed by atoms with Crippen molar-refractivity contribution in [3.05, 3.63) is 52.3 Å². The molecule has 29 heavy (non-hydrogen) atoms. The lowest BCUT2D eigenvalue weighted by atomic mass is 9.93. The molecule has 1 aliphatic heterocycles. The zero-order valence-corrected chi connectivity index (χ0v) is 18.8. The third-order valence-corrected chi connectivity index (χ3v) is 6.67. The van der Waals surface area contributed by atoms with E-state index < -0.39 is 0 Å². The number of hydrogen-bond acceptors (Lipinski definition) is 3. The Bertz CT molecular complexity index is 861. The van der Waals surface area contributed by atoms with Crippen LogP contribution in [-0.2, 0) is 0 Å². The van der Waals surface area contributed by atoms with Gasteiger partial charge in [-0.25, -0.2) is 4.79 Å². The highest BCUT2D eigenvalue weighted by Crippen LogP contribution is 2.37. The van der Waals surface area contributed by atoms with Crippen molar-refractivity contribution in [2.45, 2.75) is 32.4 Å². The first-order chi connectivity index (χ1) is 13.8. The SMILES string of the molecule is CC(NC(=O)N(C)C1CCN(C)CC1C)c1ccc(-c2cccnc2)c(Cl)c1Cl. The number of carbonyl (C=O) groups excluding carboxylic acids is 1. The van der Waals surface area contributed by atoms with E-state index in [0.717, 1.165) is 36.2 Å². The summed E-state index contributed by atoms with van der Waals surface area (Å²) >= 11 is 13.1. The molecule has 7 heteroatoms. The van der Waals surface area contributed by atoms with E-state index in [9.17, 15) is 4.79 Å². The summed E-state index contributed by atoms with van der Waals surface area (Å²) in [5.74, 6) is 0.427. The Hall–Kier alpha value is -1.82. The van der Waals surface area contributed by atoms with Gasteiger partial charge in [0, 0.05) is 43.2 Å². The van der Waals surface area contributed by atoms with Crippen LogP contribution in [0.25, 0.3) is 11.1 Å². The van der Waals surface area contributed by atoms with Crippen LogP contribution in [-0.4, -0.2) is 54.0 Å². The van der Waals surface area contributed by atoms with Crippen molar-refractivity contribution in [1.82, 2.24) is 20.1 Å². The Kier molecular flexibility index (Phi) is 7.04. The topological polar surface area (TPSA) is 48.5 Å². The molecule has 0 radical (unpaired) electrons. The molecule has 0 spiro atoms. The quantitative estimate of drug-likeness (QED) is 0.727. The molecular formula is C22H28Cl2N4O. The molecule has 0 bridgehead atoms. The van der Waals surface area contributed by atoms with Crippen LogP contribution in [0.5, 0.6) is 0 Å². The van der Waals surface area contributed by atoms with Gasteiger partial charge < -0.3 is 15.1 Å². The number of amides is 2. The molecule has 1 aromatic carbocycles.